The molecular formula is C25H26F2N6O3. The Morgan fingerprint density at radius 1 is 1.19 bits per heavy atom. The van der Waals surface area contributed by atoms with E-state index in [1.165, 1.54) is 6.07 Å². The summed E-state index contributed by atoms with van der Waals surface area (Å²) >= 11 is 0. The topological polar surface area (TPSA) is 105 Å². The summed E-state index contributed by atoms with van der Waals surface area (Å²) in [6, 6.07) is 7.51. The lowest BCUT2D eigenvalue weighted by atomic mass is 9.93. The third-order valence-electron chi connectivity index (χ3n) is 6.09. The third-order valence-corrected chi connectivity index (χ3v) is 6.09. The monoisotopic (exact) mass is 496 g/mol. The molecule has 1 amide bonds. The maximum Gasteiger partial charge on any atom is 0.410 e. The number of carbonyl (C=O) groups excluding carboxylic acids is 1. The van der Waals surface area contributed by atoms with Gasteiger partial charge in [-0.3, -0.25) is 4.79 Å². The summed E-state index contributed by atoms with van der Waals surface area (Å²) < 4.78 is 34.7. The average molecular weight is 497 g/mol. The first-order valence-corrected chi connectivity index (χ1v) is 11.7. The Morgan fingerprint density at radius 2 is 1.94 bits per heavy atom. The Morgan fingerprint density at radius 3 is 2.64 bits per heavy atom. The molecule has 3 aromatic heterocycles. The van der Waals surface area contributed by atoms with E-state index in [4.69, 9.17) is 9.84 Å². The second kappa shape index (κ2) is 8.89. The number of benzene rings is 1. The first kappa shape index (κ1) is 23.7. The van der Waals surface area contributed by atoms with Crippen LogP contribution in [0.4, 0.5) is 25.1 Å². The van der Waals surface area contributed by atoms with Crippen LogP contribution in [0.5, 0.6) is 0 Å². The van der Waals surface area contributed by atoms with Gasteiger partial charge in [0.05, 0.1) is 28.5 Å². The van der Waals surface area contributed by atoms with Crippen molar-refractivity contribution < 1.29 is 18.3 Å². The Balaban J connectivity index is 1.49. The van der Waals surface area contributed by atoms with Crippen molar-refractivity contribution in [3.8, 4) is 0 Å². The number of ether oxygens (including phenoxy) is 1. The number of anilines is 2. The van der Waals surface area contributed by atoms with Gasteiger partial charge in [-0.15, -0.1) is 0 Å². The van der Waals surface area contributed by atoms with E-state index < -0.39 is 17.2 Å². The number of nitrogens with zero attached hydrogens (tertiary/aromatic N) is 4. The number of pyridine rings is 1. The van der Waals surface area contributed by atoms with Gasteiger partial charge in [-0.05, 0) is 45.7 Å². The van der Waals surface area contributed by atoms with Gasteiger partial charge >= 0.3 is 6.09 Å². The van der Waals surface area contributed by atoms with Crippen molar-refractivity contribution in [2.75, 3.05) is 18.4 Å². The summed E-state index contributed by atoms with van der Waals surface area (Å²) in [6.45, 7) is 6.48. The van der Waals surface area contributed by atoms with Crippen molar-refractivity contribution in [1.29, 1.82) is 0 Å². The molecule has 4 aromatic rings. The minimum atomic E-state index is -0.839. The van der Waals surface area contributed by atoms with Crippen molar-refractivity contribution in [1.82, 2.24) is 24.5 Å². The Bertz CT molecular complexity index is 1520. The number of aromatic nitrogens is 4. The van der Waals surface area contributed by atoms with Crippen molar-refractivity contribution in [2.45, 2.75) is 45.1 Å². The van der Waals surface area contributed by atoms with E-state index in [2.05, 4.69) is 15.3 Å². The van der Waals surface area contributed by atoms with Gasteiger partial charge in [0.2, 0.25) is 0 Å². The number of hydrogen-bond acceptors (Lipinski definition) is 6. The highest BCUT2D eigenvalue weighted by Gasteiger charge is 2.29. The molecule has 0 aliphatic carbocycles. The van der Waals surface area contributed by atoms with Crippen molar-refractivity contribution in [3.05, 3.63) is 64.2 Å². The maximum atomic E-state index is 14.2. The number of rotatable bonds is 3. The molecule has 1 aliphatic rings. The predicted molar refractivity (Wildman–Crippen MR) is 131 cm³/mol. The number of carbonyl (C=O) groups is 1. The molecule has 0 atom stereocenters. The van der Waals surface area contributed by atoms with E-state index >= 15 is 0 Å². The second-order valence-corrected chi connectivity index (χ2v) is 9.87. The van der Waals surface area contributed by atoms with Gasteiger partial charge in [-0.2, -0.15) is 5.10 Å². The van der Waals surface area contributed by atoms with Gasteiger partial charge in [0.25, 0.3) is 5.56 Å². The molecule has 1 aromatic carbocycles. The average Bonchev–Trinajstić information content (AvgIpc) is 3.18. The number of aromatic amines is 1. The number of fused-ring (bicyclic) bond motifs is 3. The molecule has 11 heteroatoms. The molecule has 1 saturated heterocycles. The molecule has 9 nitrogen and oxygen atoms in total. The number of hydrogen-bond donors (Lipinski definition) is 2. The summed E-state index contributed by atoms with van der Waals surface area (Å²) in [7, 11) is 0. The highest BCUT2D eigenvalue weighted by atomic mass is 19.1. The number of nitrogens with one attached hydrogen (secondary N) is 2. The Labute approximate surface area is 205 Å². The molecule has 1 fully saturated rings. The first-order valence-electron chi connectivity index (χ1n) is 11.7. The van der Waals surface area contributed by atoms with Gasteiger partial charge in [0.1, 0.15) is 17.1 Å². The van der Waals surface area contributed by atoms with Crippen LogP contribution < -0.4 is 10.9 Å². The molecule has 0 spiro atoms. The zero-order valence-electron chi connectivity index (χ0n) is 20.1. The summed E-state index contributed by atoms with van der Waals surface area (Å²) in [6.07, 6.45) is 1.86. The smallest absolute Gasteiger partial charge is 0.410 e. The van der Waals surface area contributed by atoms with E-state index in [1.807, 2.05) is 20.8 Å². The van der Waals surface area contributed by atoms with Crippen LogP contribution in [0.25, 0.3) is 16.6 Å². The maximum absolute atomic E-state index is 14.2. The minimum Gasteiger partial charge on any atom is -0.444 e. The molecule has 0 bridgehead atoms. The van der Waals surface area contributed by atoms with E-state index in [9.17, 15) is 18.4 Å². The number of halogens is 2. The van der Waals surface area contributed by atoms with Gasteiger partial charge in [-0.1, -0.05) is 6.07 Å². The lowest BCUT2D eigenvalue weighted by molar-refractivity contribution is 0.0203. The van der Waals surface area contributed by atoms with Crippen molar-refractivity contribution >= 4 is 34.1 Å². The van der Waals surface area contributed by atoms with Gasteiger partial charge in [0, 0.05) is 31.1 Å². The molecule has 0 unspecified atom stereocenters. The van der Waals surface area contributed by atoms with Crippen LogP contribution in [0.15, 0.2) is 41.3 Å². The Hall–Kier alpha value is -4.02. The molecule has 0 saturated carbocycles. The van der Waals surface area contributed by atoms with Gasteiger partial charge in [-0.25, -0.2) is 23.1 Å². The standard InChI is InChI=1S/C25H26F2N6O3/c1-25(2,3)36-24(35)32-9-7-14(8-10-32)19-12-20(34)30-23-21-17(5-4-6-18(21)31-33(19)23)29-22-16(27)11-15(26)13-28-22/h4-6,11-14H,7-10H2,1-3H3,(H,28,29)(H,30,34). The van der Waals surface area contributed by atoms with Crippen LogP contribution in [0.1, 0.15) is 45.2 Å². The number of piperidine rings is 1. The molecule has 0 radical (unpaired) electrons. The van der Waals surface area contributed by atoms with Crippen molar-refractivity contribution in [2.24, 2.45) is 0 Å². The number of likely N-dealkylation sites (tertiary alicyclic amines) is 1. The highest BCUT2D eigenvalue weighted by Crippen LogP contribution is 2.33. The second-order valence-electron chi connectivity index (χ2n) is 9.87. The highest BCUT2D eigenvalue weighted by molar-refractivity contribution is 6.03. The quantitative estimate of drug-likeness (QED) is 0.426. The van der Waals surface area contributed by atoms with Crippen LogP contribution in [0.3, 0.4) is 0 Å². The van der Waals surface area contributed by atoms with Gasteiger partial charge < -0.3 is 19.9 Å². The molecule has 36 heavy (non-hydrogen) atoms. The van der Waals surface area contributed by atoms with Gasteiger partial charge in [0.15, 0.2) is 11.6 Å². The zero-order valence-corrected chi connectivity index (χ0v) is 20.1. The molecule has 1 aliphatic heterocycles. The van der Waals surface area contributed by atoms with E-state index in [1.54, 1.807) is 27.6 Å². The van der Waals surface area contributed by atoms with E-state index in [0.717, 1.165) is 18.0 Å². The molecule has 188 valence electrons. The fraction of sp³-hybridized carbons (Fsp3) is 0.360. The normalized spacial score (nSPS) is 15.0. The lowest BCUT2D eigenvalue weighted by Crippen LogP contribution is -2.41. The predicted octanol–water partition coefficient (Wildman–Crippen LogP) is 4.71. The van der Waals surface area contributed by atoms with Crippen LogP contribution in [-0.2, 0) is 4.74 Å². The van der Waals surface area contributed by atoms with Crippen LogP contribution in [-0.4, -0.2) is 49.3 Å². The molecule has 2 N–H and O–H groups in total. The largest absolute Gasteiger partial charge is 0.444 e. The fourth-order valence-corrected chi connectivity index (χ4v) is 4.50. The number of amides is 1. The van der Waals surface area contributed by atoms with Crippen LogP contribution in [0, 0.1) is 11.6 Å². The number of H-pyrrole nitrogens is 1. The Kier molecular flexibility index (Phi) is 5.85. The van der Waals surface area contributed by atoms with E-state index in [0.29, 0.717) is 48.2 Å². The SMILES string of the molecule is CC(C)(C)OC(=O)N1CCC(c2cc(=O)[nH]c3c4c(Nc5ncc(F)cc5F)cccc4nn23)CC1. The fourth-order valence-electron chi connectivity index (χ4n) is 4.50. The van der Waals surface area contributed by atoms with Crippen LogP contribution >= 0.6 is 0 Å². The lowest BCUT2D eigenvalue weighted by Gasteiger charge is -2.33. The van der Waals surface area contributed by atoms with Crippen molar-refractivity contribution in [3.63, 3.8) is 0 Å². The molecule has 5 rings (SSSR count). The minimum absolute atomic E-state index is 0.00424. The summed E-state index contributed by atoms with van der Waals surface area (Å²) in [5, 5.41) is 8.17. The molecule has 4 heterocycles. The zero-order chi connectivity index (χ0) is 25.6. The summed E-state index contributed by atoms with van der Waals surface area (Å²) in [4.78, 5) is 33.4. The third kappa shape index (κ3) is 4.60. The molecular weight excluding hydrogens is 470 g/mol. The summed E-state index contributed by atoms with van der Waals surface area (Å²) in [5.74, 6) is -1.76. The van der Waals surface area contributed by atoms with Crippen LogP contribution in [0.2, 0.25) is 0 Å². The van der Waals surface area contributed by atoms with E-state index in [-0.39, 0.29) is 23.4 Å². The summed E-state index contributed by atoms with van der Waals surface area (Å²) in [5.41, 5.74) is 1.36. The first-order chi connectivity index (χ1) is 17.1.